The number of carbonyl (C=O) groups excluding carboxylic acids is 2. The highest BCUT2D eigenvalue weighted by atomic mass is 32.1. The van der Waals surface area contributed by atoms with Crippen LogP contribution in [0.2, 0.25) is 0 Å². The van der Waals surface area contributed by atoms with Crippen LogP contribution in [0.3, 0.4) is 0 Å². The van der Waals surface area contributed by atoms with E-state index < -0.39 is 35.2 Å². The Morgan fingerprint density at radius 3 is 2.50 bits per heavy atom. The Labute approximate surface area is 227 Å². The zero-order valence-corrected chi connectivity index (χ0v) is 24.1. The Kier molecular flexibility index (Phi) is 7.31. The lowest BCUT2D eigenvalue weighted by Gasteiger charge is -2.32. The summed E-state index contributed by atoms with van der Waals surface area (Å²) in [5, 5.41) is 3.60. The summed E-state index contributed by atoms with van der Waals surface area (Å²) in [5.41, 5.74) is 7.57. The van der Waals surface area contributed by atoms with E-state index in [1.807, 2.05) is 44.4 Å². The molecular formula is C28H36N4O5S. The topological polar surface area (TPSA) is 117 Å². The van der Waals surface area contributed by atoms with Crippen molar-refractivity contribution in [1.82, 2.24) is 14.9 Å². The van der Waals surface area contributed by atoms with Gasteiger partial charge in [-0.05, 0) is 46.2 Å². The number of aromatic nitrogens is 2. The Bertz CT molecular complexity index is 1380. The van der Waals surface area contributed by atoms with Gasteiger partial charge < -0.3 is 19.9 Å². The summed E-state index contributed by atoms with van der Waals surface area (Å²) in [6.45, 7) is 13.3. The predicted octanol–water partition coefficient (Wildman–Crippen LogP) is 5.12. The van der Waals surface area contributed by atoms with Gasteiger partial charge >= 0.3 is 6.09 Å². The number of carbonyl (C=O) groups is 2. The van der Waals surface area contributed by atoms with Gasteiger partial charge in [-0.15, -0.1) is 11.3 Å². The number of thiazole rings is 1. The maximum absolute atomic E-state index is 13.1. The van der Waals surface area contributed by atoms with Crippen LogP contribution < -0.4 is 15.2 Å². The van der Waals surface area contributed by atoms with E-state index >= 15 is 0 Å². The van der Waals surface area contributed by atoms with E-state index in [9.17, 15) is 9.59 Å². The van der Waals surface area contributed by atoms with Crippen molar-refractivity contribution in [2.75, 3.05) is 13.7 Å². The molecule has 0 unspecified atom stereocenters. The average molecular weight is 541 g/mol. The number of hydrogen-bond acceptors (Lipinski definition) is 8. The number of hydrogen-bond donors (Lipinski definition) is 1. The summed E-state index contributed by atoms with van der Waals surface area (Å²) in [6.07, 6.45) is -0.321. The lowest BCUT2D eigenvalue weighted by Crippen LogP contribution is -2.51. The summed E-state index contributed by atoms with van der Waals surface area (Å²) in [5.74, 6) is 0.687. The van der Waals surface area contributed by atoms with E-state index in [1.54, 1.807) is 27.9 Å². The molecule has 1 aliphatic heterocycles. The van der Waals surface area contributed by atoms with Gasteiger partial charge in [-0.3, -0.25) is 9.69 Å². The highest BCUT2D eigenvalue weighted by Gasteiger charge is 2.55. The van der Waals surface area contributed by atoms with Gasteiger partial charge in [0.05, 0.1) is 24.9 Å². The minimum Gasteiger partial charge on any atom is -0.496 e. The minimum absolute atomic E-state index is 0.140. The first kappa shape index (κ1) is 27.6. The maximum Gasteiger partial charge on any atom is 0.411 e. The first-order chi connectivity index (χ1) is 17.8. The molecule has 1 aromatic carbocycles. The molecule has 0 aliphatic carbocycles. The van der Waals surface area contributed by atoms with Crippen LogP contribution >= 0.6 is 11.3 Å². The highest BCUT2D eigenvalue weighted by Crippen LogP contribution is 2.42. The molecule has 1 saturated heterocycles. The van der Waals surface area contributed by atoms with Crippen LogP contribution in [-0.2, 0) is 16.0 Å². The van der Waals surface area contributed by atoms with E-state index in [0.717, 1.165) is 33.6 Å². The first-order valence-corrected chi connectivity index (χ1v) is 13.5. The van der Waals surface area contributed by atoms with Gasteiger partial charge in [-0.25, -0.2) is 14.8 Å². The molecule has 1 fully saturated rings. The summed E-state index contributed by atoms with van der Waals surface area (Å²) >= 11 is 1.53. The molecule has 0 radical (unpaired) electrons. The van der Waals surface area contributed by atoms with Crippen LogP contribution in [0.25, 0.3) is 21.6 Å². The fraction of sp³-hybridized carbons (Fsp3) is 0.500. The number of aryl methyl sites for hydroxylation is 2. The second-order valence-corrected chi connectivity index (χ2v) is 12.0. The van der Waals surface area contributed by atoms with Gasteiger partial charge in [0.15, 0.2) is 0 Å². The van der Waals surface area contributed by atoms with Crippen LogP contribution in [0.5, 0.6) is 11.5 Å². The van der Waals surface area contributed by atoms with Crippen molar-refractivity contribution in [2.45, 2.75) is 72.6 Å². The lowest BCUT2D eigenvalue weighted by molar-refractivity contribution is -0.125. The number of methoxy groups -OCH3 is 1. The molecule has 2 aromatic heterocycles. The van der Waals surface area contributed by atoms with Crippen LogP contribution in [0.1, 0.15) is 52.8 Å². The highest BCUT2D eigenvalue weighted by molar-refractivity contribution is 7.13. The molecule has 2 amide bonds. The number of nitrogens with zero attached hydrogens (tertiary/aromatic N) is 3. The van der Waals surface area contributed by atoms with Gasteiger partial charge in [0.2, 0.25) is 5.91 Å². The number of nitrogens with two attached hydrogens (primary N) is 1. The monoisotopic (exact) mass is 540 g/mol. The Morgan fingerprint density at radius 1 is 1.21 bits per heavy atom. The van der Waals surface area contributed by atoms with Crippen LogP contribution in [0.15, 0.2) is 23.6 Å². The molecule has 2 N–H and O–H groups in total. The molecule has 0 spiro atoms. The van der Waals surface area contributed by atoms with Crippen molar-refractivity contribution in [3.8, 4) is 22.2 Å². The summed E-state index contributed by atoms with van der Waals surface area (Å²) in [4.78, 5) is 36.7. The summed E-state index contributed by atoms with van der Waals surface area (Å²) < 4.78 is 17.8. The van der Waals surface area contributed by atoms with Crippen molar-refractivity contribution in [3.63, 3.8) is 0 Å². The molecule has 0 saturated carbocycles. The molecule has 4 rings (SSSR count). The van der Waals surface area contributed by atoms with E-state index in [-0.39, 0.29) is 6.54 Å². The Balaban J connectivity index is 1.80. The Hall–Kier alpha value is -3.40. The summed E-state index contributed by atoms with van der Waals surface area (Å²) in [7, 11) is 1.63. The number of likely N-dealkylation sites (tertiary alicyclic amines) is 1. The first-order valence-electron chi connectivity index (χ1n) is 12.7. The molecule has 0 bridgehead atoms. The third kappa shape index (κ3) is 5.14. The number of fused-ring (bicyclic) bond motifs is 1. The maximum atomic E-state index is 13.1. The van der Waals surface area contributed by atoms with Crippen molar-refractivity contribution in [2.24, 2.45) is 11.1 Å². The molecule has 3 aromatic rings. The van der Waals surface area contributed by atoms with Crippen LogP contribution in [0.4, 0.5) is 4.79 Å². The molecule has 3 heterocycles. The van der Waals surface area contributed by atoms with E-state index in [4.69, 9.17) is 29.9 Å². The van der Waals surface area contributed by atoms with Gasteiger partial charge in [0.25, 0.3) is 0 Å². The number of amides is 2. The van der Waals surface area contributed by atoms with Gasteiger partial charge in [-0.2, -0.15) is 0 Å². The zero-order valence-electron chi connectivity index (χ0n) is 23.2. The normalized spacial score (nSPS) is 19.0. The largest absolute Gasteiger partial charge is 0.496 e. The number of pyridine rings is 1. The van der Waals surface area contributed by atoms with Gasteiger partial charge in [0, 0.05) is 27.8 Å². The lowest BCUT2D eigenvalue weighted by atomic mass is 9.82. The minimum atomic E-state index is -0.900. The third-order valence-electron chi connectivity index (χ3n) is 6.88. The second kappa shape index (κ2) is 10.1. The number of benzene rings is 1. The zero-order chi connectivity index (χ0) is 28.0. The smallest absolute Gasteiger partial charge is 0.411 e. The molecule has 9 nitrogen and oxygen atoms in total. The van der Waals surface area contributed by atoms with Crippen LogP contribution in [0, 0.1) is 12.3 Å². The number of rotatable bonds is 6. The number of primary amides is 1. The quantitative estimate of drug-likeness (QED) is 0.461. The number of ether oxygens (including phenoxy) is 3. The second-order valence-electron chi connectivity index (χ2n) is 11.2. The molecule has 1 aliphatic rings. The summed E-state index contributed by atoms with van der Waals surface area (Å²) in [6, 6.07) is 4.76. The Morgan fingerprint density at radius 2 is 1.92 bits per heavy atom. The molecule has 10 heteroatoms. The van der Waals surface area contributed by atoms with Crippen molar-refractivity contribution in [1.29, 1.82) is 0 Å². The average Bonchev–Trinajstić information content (AvgIpc) is 3.41. The third-order valence-corrected chi connectivity index (χ3v) is 7.79. The molecular weight excluding hydrogens is 504 g/mol. The van der Waals surface area contributed by atoms with Crippen molar-refractivity contribution in [3.05, 3.63) is 34.8 Å². The van der Waals surface area contributed by atoms with E-state index in [1.165, 1.54) is 16.2 Å². The van der Waals surface area contributed by atoms with E-state index in [2.05, 4.69) is 6.92 Å². The SMILES string of the molecule is CCc1csc(-c2cc(O[C@H]3CN(C(=O)OC(C)(C)C)[C@H](C(N)=O)C3(C)C)c3ccc(OC)c(C)c3n2)n1. The standard InChI is InChI=1S/C28H36N4O5S/c1-9-16-14-38-25(30-16)18-12-20(17-10-11-19(35-8)15(2)22(17)31-18)36-21-13-32(26(34)37-27(3,4)5)23(24(29)33)28(21,6)7/h10-12,14,21,23H,9,13H2,1-8H3,(H2,29,33)/t21-,23+/m0/s1. The van der Waals surface area contributed by atoms with Gasteiger partial charge in [0.1, 0.15) is 39.9 Å². The fourth-order valence-electron chi connectivity index (χ4n) is 4.85. The molecule has 2 atom stereocenters. The molecule has 204 valence electrons. The predicted molar refractivity (Wildman–Crippen MR) is 148 cm³/mol. The van der Waals surface area contributed by atoms with Crippen molar-refractivity contribution >= 4 is 34.2 Å². The van der Waals surface area contributed by atoms with Crippen LogP contribution in [-0.4, -0.2) is 58.3 Å². The van der Waals surface area contributed by atoms with E-state index in [0.29, 0.717) is 17.2 Å². The fourth-order valence-corrected chi connectivity index (χ4v) is 5.72. The van der Waals surface area contributed by atoms with Gasteiger partial charge in [-0.1, -0.05) is 20.8 Å². The molecule has 38 heavy (non-hydrogen) atoms. The van der Waals surface area contributed by atoms with Crippen molar-refractivity contribution < 1.29 is 23.8 Å².